The number of aromatic amines is 2. The first kappa shape index (κ1) is 12.0. The Bertz CT molecular complexity index is 693. The average molecular weight is 254 g/mol. The number of hydrogen-bond acceptors (Lipinski definition) is 2. The lowest BCUT2D eigenvalue weighted by molar-refractivity contribution is 0.794. The maximum Gasteiger partial charge on any atom is 0.106 e. The molecule has 0 fully saturated rings. The Morgan fingerprint density at radius 1 is 1.16 bits per heavy atom. The maximum atomic E-state index is 5.51. The molecule has 4 heteroatoms. The van der Waals surface area contributed by atoms with Crippen molar-refractivity contribution in [1.82, 2.24) is 15.0 Å². The molecule has 0 amide bonds. The van der Waals surface area contributed by atoms with E-state index < -0.39 is 0 Å². The van der Waals surface area contributed by atoms with Crippen molar-refractivity contribution in [3.63, 3.8) is 0 Å². The third kappa shape index (κ3) is 2.39. The number of rotatable bonds is 4. The minimum Gasteiger partial charge on any atom is -0.353 e. The van der Waals surface area contributed by atoms with E-state index in [1.54, 1.807) is 0 Å². The molecule has 3 aromatic rings. The van der Waals surface area contributed by atoms with Gasteiger partial charge in [0.1, 0.15) is 5.82 Å². The highest BCUT2D eigenvalue weighted by atomic mass is 14.9. The van der Waals surface area contributed by atoms with Gasteiger partial charge >= 0.3 is 0 Å². The number of H-pyrrole nitrogens is 2. The van der Waals surface area contributed by atoms with E-state index in [9.17, 15) is 0 Å². The molecule has 19 heavy (non-hydrogen) atoms. The van der Waals surface area contributed by atoms with Crippen LogP contribution < -0.4 is 5.73 Å². The number of benzene rings is 1. The summed E-state index contributed by atoms with van der Waals surface area (Å²) in [4.78, 5) is 11.2. The van der Waals surface area contributed by atoms with Crippen LogP contribution in [0.2, 0.25) is 0 Å². The van der Waals surface area contributed by atoms with Crippen molar-refractivity contribution in [2.24, 2.45) is 5.73 Å². The zero-order valence-electron chi connectivity index (χ0n) is 11.0. The van der Waals surface area contributed by atoms with Crippen molar-refractivity contribution < 1.29 is 0 Å². The number of nitrogens with two attached hydrogens (primary N) is 1. The highest BCUT2D eigenvalue weighted by Gasteiger charge is 2.06. The lowest BCUT2D eigenvalue weighted by Crippen LogP contribution is -2.01. The van der Waals surface area contributed by atoms with Gasteiger partial charge in [-0.1, -0.05) is 12.1 Å². The summed E-state index contributed by atoms with van der Waals surface area (Å²) < 4.78 is 0. The molecule has 0 radical (unpaired) electrons. The average Bonchev–Trinajstić information content (AvgIpc) is 3.01. The van der Waals surface area contributed by atoms with E-state index in [0.717, 1.165) is 35.6 Å². The summed E-state index contributed by atoms with van der Waals surface area (Å²) in [7, 11) is 0. The molecule has 0 atom stereocenters. The number of aryl methyl sites for hydroxylation is 2. The Kier molecular flexibility index (Phi) is 3.09. The number of fused-ring (bicyclic) bond motifs is 1. The normalized spacial score (nSPS) is 11.3. The molecule has 2 aromatic heterocycles. The van der Waals surface area contributed by atoms with E-state index in [1.807, 2.05) is 6.20 Å². The van der Waals surface area contributed by atoms with Crippen molar-refractivity contribution in [2.75, 3.05) is 6.54 Å². The van der Waals surface area contributed by atoms with E-state index in [2.05, 4.69) is 46.1 Å². The van der Waals surface area contributed by atoms with E-state index in [1.165, 1.54) is 10.9 Å². The fourth-order valence-electron chi connectivity index (χ4n) is 2.28. The van der Waals surface area contributed by atoms with Gasteiger partial charge in [0.05, 0.1) is 17.6 Å². The second-order valence-electron chi connectivity index (χ2n) is 4.91. The fraction of sp³-hybridized carbons (Fsp3) is 0.267. The molecular formula is C15H18N4. The van der Waals surface area contributed by atoms with Crippen LogP contribution in [0.1, 0.15) is 17.8 Å². The third-order valence-corrected chi connectivity index (χ3v) is 3.31. The molecule has 4 N–H and O–H groups in total. The monoisotopic (exact) mass is 254 g/mol. The largest absolute Gasteiger partial charge is 0.353 e. The molecule has 98 valence electrons. The van der Waals surface area contributed by atoms with Gasteiger partial charge in [0, 0.05) is 17.3 Å². The SMILES string of the molecule is Cc1ccc2cc(-c3cnc(CCCN)[nH]3)[nH]c2c1. The molecule has 0 saturated heterocycles. The van der Waals surface area contributed by atoms with Crippen LogP contribution in [0.15, 0.2) is 30.5 Å². The van der Waals surface area contributed by atoms with Crippen LogP contribution in [0.4, 0.5) is 0 Å². The fourth-order valence-corrected chi connectivity index (χ4v) is 2.28. The summed E-state index contributed by atoms with van der Waals surface area (Å²) in [5.74, 6) is 0.996. The first-order chi connectivity index (χ1) is 9.26. The first-order valence-electron chi connectivity index (χ1n) is 6.60. The first-order valence-corrected chi connectivity index (χ1v) is 6.60. The Morgan fingerprint density at radius 2 is 2.05 bits per heavy atom. The number of hydrogen-bond donors (Lipinski definition) is 3. The van der Waals surface area contributed by atoms with Gasteiger partial charge in [-0.15, -0.1) is 0 Å². The lowest BCUT2D eigenvalue weighted by Gasteiger charge is -1.94. The molecule has 3 rings (SSSR count). The molecule has 0 aliphatic rings. The minimum absolute atomic E-state index is 0.696. The van der Waals surface area contributed by atoms with Crippen LogP contribution in [0.3, 0.4) is 0 Å². The van der Waals surface area contributed by atoms with E-state index in [0.29, 0.717) is 6.54 Å². The zero-order valence-corrected chi connectivity index (χ0v) is 11.0. The second-order valence-corrected chi connectivity index (χ2v) is 4.91. The molecule has 4 nitrogen and oxygen atoms in total. The molecule has 0 bridgehead atoms. The van der Waals surface area contributed by atoms with Crippen LogP contribution in [-0.4, -0.2) is 21.5 Å². The van der Waals surface area contributed by atoms with Gasteiger partial charge in [-0.05, 0) is 37.6 Å². The molecule has 2 heterocycles. The van der Waals surface area contributed by atoms with Gasteiger partial charge in [-0.2, -0.15) is 0 Å². The Balaban J connectivity index is 1.92. The summed E-state index contributed by atoms with van der Waals surface area (Å²) in [6.45, 7) is 2.79. The molecule has 0 unspecified atom stereocenters. The molecule has 0 aliphatic carbocycles. The van der Waals surface area contributed by atoms with Gasteiger partial charge in [-0.3, -0.25) is 0 Å². The van der Waals surface area contributed by atoms with Crippen LogP contribution in [0.25, 0.3) is 22.3 Å². The van der Waals surface area contributed by atoms with Crippen LogP contribution in [-0.2, 0) is 6.42 Å². The van der Waals surface area contributed by atoms with E-state index in [4.69, 9.17) is 5.73 Å². The molecule has 0 saturated carbocycles. The van der Waals surface area contributed by atoms with Crippen molar-refractivity contribution in [3.05, 3.63) is 41.9 Å². The Labute approximate surface area is 112 Å². The van der Waals surface area contributed by atoms with Gasteiger partial charge in [-0.25, -0.2) is 4.98 Å². The lowest BCUT2D eigenvalue weighted by atomic mass is 10.2. The summed E-state index contributed by atoms with van der Waals surface area (Å²) in [5, 5.41) is 1.22. The summed E-state index contributed by atoms with van der Waals surface area (Å²) in [6.07, 6.45) is 3.73. The highest BCUT2D eigenvalue weighted by molar-refractivity contribution is 5.85. The number of nitrogens with one attached hydrogen (secondary N) is 2. The Morgan fingerprint density at radius 3 is 2.89 bits per heavy atom. The van der Waals surface area contributed by atoms with Gasteiger partial charge in [0.15, 0.2) is 0 Å². The standard InChI is InChI=1S/C15H18N4/c1-10-4-5-11-8-13(18-12(11)7-10)14-9-17-15(19-14)3-2-6-16/h4-5,7-9,18H,2-3,6,16H2,1H3,(H,17,19). The molecule has 0 aliphatic heterocycles. The summed E-state index contributed by atoms with van der Waals surface area (Å²) in [5.41, 5.74) is 10.0. The number of aromatic nitrogens is 3. The van der Waals surface area contributed by atoms with Crippen LogP contribution >= 0.6 is 0 Å². The van der Waals surface area contributed by atoms with Gasteiger partial charge in [0.2, 0.25) is 0 Å². The smallest absolute Gasteiger partial charge is 0.106 e. The topological polar surface area (TPSA) is 70.5 Å². The van der Waals surface area contributed by atoms with Gasteiger partial charge < -0.3 is 15.7 Å². The van der Waals surface area contributed by atoms with Crippen molar-refractivity contribution >= 4 is 10.9 Å². The second kappa shape index (κ2) is 4.90. The highest BCUT2D eigenvalue weighted by Crippen LogP contribution is 2.23. The predicted molar refractivity (Wildman–Crippen MR) is 78.0 cm³/mol. The number of imidazole rings is 1. The molecular weight excluding hydrogens is 236 g/mol. The van der Waals surface area contributed by atoms with Crippen molar-refractivity contribution in [3.8, 4) is 11.4 Å². The molecule has 0 spiro atoms. The van der Waals surface area contributed by atoms with E-state index >= 15 is 0 Å². The summed E-state index contributed by atoms with van der Waals surface area (Å²) in [6, 6.07) is 8.56. The third-order valence-electron chi connectivity index (χ3n) is 3.31. The zero-order chi connectivity index (χ0) is 13.2. The van der Waals surface area contributed by atoms with Crippen LogP contribution in [0.5, 0.6) is 0 Å². The minimum atomic E-state index is 0.696. The predicted octanol–water partition coefficient (Wildman–Crippen LogP) is 2.76. The Hall–Kier alpha value is -2.07. The van der Waals surface area contributed by atoms with E-state index in [-0.39, 0.29) is 0 Å². The maximum absolute atomic E-state index is 5.51. The summed E-state index contributed by atoms with van der Waals surface area (Å²) >= 11 is 0. The van der Waals surface area contributed by atoms with Gasteiger partial charge in [0.25, 0.3) is 0 Å². The van der Waals surface area contributed by atoms with Crippen molar-refractivity contribution in [1.29, 1.82) is 0 Å². The van der Waals surface area contributed by atoms with Crippen LogP contribution in [0, 0.1) is 6.92 Å². The number of nitrogens with zero attached hydrogens (tertiary/aromatic N) is 1. The quantitative estimate of drug-likeness (QED) is 0.670. The van der Waals surface area contributed by atoms with Crippen molar-refractivity contribution in [2.45, 2.75) is 19.8 Å². The molecule has 1 aromatic carbocycles.